The van der Waals surface area contributed by atoms with E-state index in [0.717, 1.165) is 39.1 Å². The van der Waals surface area contributed by atoms with Crippen LogP contribution >= 0.6 is 0 Å². The van der Waals surface area contributed by atoms with E-state index in [-0.39, 0.29) is 0 Å². The highest BCUT2D eigenvalue weighted by Gasteiger charge is 2.20. The van der Waals surface area contributed by atoms with Crippen molar-refractivity contribution >= 4 is 60.7 Å². The molecule has 9 aromatic rings. The normalized spacial score (nSPS) is 11.5. The summed E-state index contributed by atoms with van der Waals surface area (Å²) in [7, 11) is 0. The summed E-state index contributed by atoms with van der Waals surface area (Å²) >= 11 is 0. The molecular weight excluding hydrogens is 560 g/mol. The molecular formula is C43H28N2O. The molecule has 0 saturated heterocycles. The fraction of sp³-hybridized carbons (Fsp3) is 0. The summed E-state index contributed by atoms with van der Waals surface area (Å²) in [5.41, 5.74) is 10.2. The summed E-state index contributed by atoms with van der Waals surface area (Å²) in [5, 5.41) is 6.04. The van der Waals surface area contributed by atoms with Crippen molar-refractivity contribution in [2.24, 2.45) is 0 Å². The van der Waals surface area contributed by atoms with Crippen molar-refractivity contribution in [2.45, 2.75) is 0 Å². The fourth-order valence-corrected chi connectivity index (χ4v) is 6.71. The molecule has 0 atom stereocenters. The second-order valence-electron chi connectivity index (χ2n) is 11.6. The second-order valence-corrected chi connectivity index (χ2v) is 11.6. The van der Waals surface area contributed by atoms with Crippen molar-refractivity contribution in [1.82, 2.24) is 4.98 Å². The first kappa shape index (κ1) is 26.2. The number of aromatic nitrogens is 1. The topological polar surface area (TPSA) is 29.3 Å². The minimum Gasteiger partial charge on any atom is -0.452 e. The van der Waals surface area contributed by atoms with E-state index in [4.69, 9.17) is 9.40 Å². The van der Waals surface area contributed by atoms with Crippen molar-refractivity contribution in [1.29, 1.82) is 0 Å². The van der Waals surface area contributed by atoms with Gasteiger partial charge in [0.15, 0.2) is 5.58 Å². The Kier molecular flexibility index (Phi) is 6.14. The van der Waals surface area contributed by atoms with Gasteiger partial charge in [-0.3, -0.25) is 4.98 Å². The summed E-state index contributed by atoms with van der Waals surface area (Å²) < 4.78 is 6.48. The molecule has 7 aromatic carbocycles. The Morgan fingerprint density at radius 1 is 0.457 bits per heavy atom. The van der Waals surface area contributed by atoms with Crippen LogP contribution in [0.15, 0.2) is 174 Å². The third-order valence-corrected chi connectivity index (χ3v) is 8.92. The lowest BCUT2D eigenvalue weighted by Gasteiger charge is -2.26. The molecule has 216 valence electrons. The largest absolute Gasteiger partial charge is 0.452 e. The number of hydrogen-bond acceptors (Lipinski definition) is 3. The van der Waals surface area contributed by atoms with Crippen molar-refractivity contribution < 1.29 is 4.42 Å². The Balaban J connectivity index is 1.21. The summed E-state index contributed by atoms with van der Waals surface area (Å²) in [6.07, 6.45) is 1.88. The molecule has 3 nitrogen and oxygen atoms in total. The molecule has 9 rings (SSSR count). The number of para-hydroxylation sites is 1. The van der Waals surface area contributed by atoms with E-state index >= 15 is 0 Å². The van der Waals surface area contributed by atoms with Gasteiger partial charge >= 0.3 is 0 Å². The predicted molar refractivity (Wildman–Crippen MR) is 192 cm³/mol. The van der Waals surface area contributed by atoms with E-state index in [9.17, 15) is 0 Å². The van der Waals surface area contributed by atoms with Gasteiger partial charge in [0.2, 0.25) is 0 Å². The summed E-state index contributed by atoms with van der Waals surface area (Å²) in [5.74, 6) is 0. The van der Waals surface area contributed by atoms with Crippen LogP contribution in [-0.2, 0) is 0 Å². The van der Waals surface area contributed by atoms with Gasteiger partial charge in [0, 0.05) is 23.0 Å². The first-order valence-electron chi connectivity index (χ1n) is 15.5. The van der Waals surface area contributed by atoms with Gasteiger partial charge in [-0.15, -0.1) is 0 Å². The molecule has 0 aliphatic carbocycles. The Morgan fingerprint density at radius 3 is 1.80 bits per heavy atom. The quantitative estimate of drug-likeness (QED) is 0.187. The summed E-state index contributed by atoms with van der Waals surface area (Å²) in [6, 6.07) is 57.9. The average Bonchev–Trinajstić information content (AvgIpc) is 3.52. The number of pyridine rings is 1. The van der Waals surface area contributed by atoms with E-state index in [0.29, 0.717) is 0 Å². The smallest absolute Gasteiger partial charge is 0.177 e. The molecule has 0 bridgehead atoms. The summed E-state index contributed by atoms with van der Waals surface area (Å²) in [6.45, 7) is 0. The van der Waals surface area contributed by atoms with Crippen LogP contribution in [0.2, 0.25) is 0 Å². The van der Waals surface area contributed by atoms with Crippen LogP contribution in [0.5, 0.6) is 0 Å². The first-order valence-corrected chi connectivity index (χ1v) is 15.5. The maximum atomic E-state index is 6.48. The monoisotopic (exact) mass is 588 g/mol. The third kappa shape index (κ3) is 4.33. The lowest BCUT2D eigenvalue weighted by Crippen LogP contribution is -2.10. The van der Waals surface area contributed by atoms with Crippen molar-refractivity contribution in [3.05, 3.63) is 170 Å². The maximum Gasteiger partial charge on any atom is 0.177 e. The van der Waals surface area contributed by atoms with E-state index in [1.165, 1.54) is 43.8 Å². The van der Waals surface area contributed by atoms with Crippen LogP contribution in [0.1, 0.15) is 0 Å². The van der Waals surface area contributed by atoms with Gasteiger partial charge in [0.05, 0.1) is 5.69 Å². The Hall–Kier alpha value is -6.19. The van der Waals surface area contributed by atoms with Crippen molar-refractivity contribution in [3.8, 4) is 22.3 Å². The number of furan rings is 1. The molecule has 0 aliphatic heterocycles. The lowest BCUT2D eigenvalue weighted by atomic mass is 9.93. The van der Waals surface area contributed by atoms with Crippen LogP contribution in [0, 0.1) is 0 Å². The molecule has 46 heavy (non-hydrogen) atoms. The second kappa shape index (κ2) is 10.8. The zero-order valence-corrected chi connectivity index (χ0v) is 25.0. The van der Waals surface area contributed by atoms with Gasteiger partial charge in [-0.1, -0.05) is 115 Å². The summed E-state index contributed by atoms with van der Waals surface area (Å²) in [4.78, 5) is 7.01. The van der Waals surface area contributed by atoms with Crippen LogP contribution in [0.4, 0.5) is 17.1 Å². The van der Waals surface area contributed by atoms with Crippen LogP contribution in [0.25, 0.3) is 65.9 Å². The average molecular weight is 589 g/mol. The van der Waals surface area contributed by atoms with Crippen molar-refractivity contribution in [3.63, 3.8) is 0 Å². The van der Waals surface area contributed by atoms with E-state index in [2.05, 4.69) is 138 Å². The third-order valence-electron chi connectivity index (χ3n) is 8.92. The molecule has 0 radical (unpaired) electrons. The minimum atomic E-state index is 0.764. The minimum absolute atomic E-state index is 0.764. The zero-order chi connectivity index (χ0) is 30.5. The highest BCUT2D eigenvalue weighted by atomic mass is 16.3. The Morgan fingerprint density at radius 2 is 1.04 bits per heavy atom. The number of benzene rings is 7. The molecule has 0 N–H and O–H groups in total. The number of anilines is 3. The molecule has 0 fully saturated rings. The van der Waals surface area contributed by atoms with Gasteiger partial charge in [0.25, 0.3) is 0 Å². The molecule has 0 saturated carbocycles. The number of nitrogens with zero attached hydrogens (tertiary/aromatic N) is 2. The van der Waals surface area contributed by atoms with Crippen LogP contribution in [-0.4, -0.2) is 4.98 Å². The highest BCUT2D eigenvalue weighted by molar-refractivity contribution is 6.14. The van der Waals surface area contributed by atoms with Gasteiger partial charge < -0.3 is 9.32 Å². The van der Waals surface area contributed by atoms with Gasteiger partial charge in [-0.25, -0.2) is 0 Å². The standard InChI is InChI=1S/C43H28N2O/c1-2-10-29(11-3-1)30-18-22-33(23-19-30)45(40-26-27-44-42-38-16-8-9-17-41(38)46-43(40)42)34-24-20-31(21-25-34)39-28-32-12-4-5-13-35(32)36-14-6-7-15-37(36)39/h1-28H. The highest BCUT2D eigenvalue weighted by Crippen LogP contribution is 2.43. The molecule has 0 aliphatic rings. The molecule has 0 spiro atoms. The van der Waals surface area contributed by atoms with Gasteiger partial charge in [-0.2, -0.15) is 0 Å². The molecule has 0 amide bonds. The van der Waals surface area contributed by atoms with E-state index in [1.807, 2.05) is 36.5 Å². The number of fused-ring (bicyclic) bond motifs is 6. The van der Waals surface area contributed by atoms with Gasteiger partial charge in [-0.05, 0) is 92.3 Å². The molecule has 3 heteroatoms. The zero-order valence-electron chi connectivity index (χ0n) is 25.0. The number of rotatable bonds is 5. The molecule has 2 aromatic heterocycles. The Bertz CT molecular complexity index is 2510. The van der Waals surface area contributed by atoms with E-state index in [1.54, 1.807) is 0 Å². The first-order chi connectivity index (χ1) is 22.8. The SMILES string of the molecule is c1ccc(-c2ccc(N(c3ccc(-c4cc5ccccc5c5ccccc45)cc3)c3ccnc4c3oc3ccccc34)cc2)cc1. The molecule has 0 unspecified atom stereocenters. The van der Waals surface area contributed by atoms with E-state index < -0.39 is 0 Å². The molecule has 2 heterocycles. The lowest BCUT2D eigenvalue weighted by molar-refractivity contribution is 0.668. The van der Waals surface area contributed by atoms with Crippen LogP contribution < -0.4 is 4.90 Å². The van der Waals surface area contributed by atoms with Crippen molar-refractivity contribution in [2.75, 3.05) is 4.90 Å². The number of hydrogen-bond donors (Lipinski definition) is 0. The van der Waals surface area contributed by atoms with Crippen LogP contribution in [0.3, 0.4) is 0 Å². The predicted octanol–water partition coefficient (Wildman–Crippen LogP) is 12.1. The Labute approximate surface area is 266 Å². The fourth-order valence-electron chi connectivity index (χ4n) is 6.71. The van der Waals surface area contributed by atoms with Gasteiger partial charge in [0.1, 0.15) is 11.1 Å². The maximum absolute atomic E-state index is 6.48.